The second-order valence-corrected chi connectivity index (χ2v) is 5.92. The van der Waals surface area contributed by atoms with Crippen LogP contribution in [0.3, 0.4) is 0 Å². The smallest absolute Gasteiger partial charge is 0.140 e. The molecule has 0 aromatic heterocycles. The summed E-state index contributed by atoms with van der Waals surface area (Å²) in [6, 6.07) is 0. The van der Waals surface area contributed by atoms with Gasteiger partial charge in [0.1, 0.15) is 5.78 Å². The molecule has 0 N–H and O–H groups in total. The van der Waals surface area contributed by atoms with Crippen LogP contribution < -0.4 is 0 Å². The van der Waals surface area contributed by atoms with Crippen LogP contribution in [0.4, 0.5) is 0 Å². The summed E-state index contributed by atoms with van der Waals surface area (Å²) in [5.74, 6) is 4.33. The van der Waals surface area contributed by atoms with Crippen LogP contribution in [0, 0.1) is 29.6 Å². The van der Waals surface area contributed by atoms with Crippen LogP contribution in [-0.2, 0) is 4.79 Å². The van der Waals surface area contributed by atoms with E-state index in [4.69, 9.17) is 0 Å². The van der Waals surface area contributed by atoms with E-state index in [0.29, 0.717) is 18.1 Å². The molecule has 0 aliphatic heterocycles. The van der Waals surface area contributed by atoms with Crippen molar-refractivity contribution in [3.05, 3.63) is 12.7 Å². The van der Waals surface area contributed by atoms with E-state index in [-0.39, 0.29) is 0 Å². The number of carbonyl (C=O) groups is 1. The van der Waals surface area contributed by atoms with E-state index in [1.165, 1.54) is 32.1 Å². The molecule has 4 aliphatic carbocycles. The van der Waals surface area contributed by atoms with Crippen LogP contribution in [0.25, 0.3) is 0 Å². The fourth-order valence-electron chi connectivity index (χ4n) is 4.73. The molecule has 0 heterocycles. The molecule has 0 aromatic carbocycles. The van der Waals surface area contributed by atoms with Crippen molar-refractivity contribution in [3.8, 4) is 0 Å². The molecule has 0 amide bonds. The summed E-state index contributed by atoms with van der Waals surface area (Å²) >= 11 is 0. The molecule has 1 heteroatoms. The van der Waals surface area contributed by atoms with Gasteiger partial charge in [-0.1, -0.05) is 6.08 Å². The molecular weight excluding hydrogens is 184 g/mol. The average Bonchev–Trinajstić information content (AvgIpc) is 2.15. The molecule has 15 heavy (non-hydrogen) atoms. The molecule has 0 atom stereocenters. The Morgan fingerprint density at radius 2 is 1.60 bits per heavy atom. The van der Waals surface area contributed by atoms with Gasteiger partial charge in [-0.25, -0.2) is 0 Å². The molecule has 4 aliphatic rings. The molecule has 0 spiro atoms. The lowest BCUT2D eigenvalue weighted by molar-refractivity contribution is -0.134. The van der Waals surface area contributed by atoms with Crippen LogP contribution in [0.2, 0.25) is 0 Å². The van der Waals surface area contributed by atoms with Crippen molar-refractivity contribution in [3.63, 3.8) is 0 Å². The topological polar surface area (TPSA) is 17.1 Å². The number of hydrogen-bond acceptors (Lipinski definition) is 1. The largest absolute Gasteiger partial charge is 0.299 e. The first-order valence-corrected chi connectivity index (χ1v) is 6.41. The zero-order valence-corrected chi connectivity index (χ0v) is 9.32. The van der Waals surface area contributed by atoms with Crippen LogP contribution >= 0.6 is 0 Å². The maximum Gasteiger partial charge on any atom is 0.140 e. The van der Waals surface area contributed by atoms with Gasteiger partial charge in [0.05, 0.1) is 0 Å². The highest BCUT2D eigenvalue weighted by atomic mass is 16.1. The highest BCUT2D eigenvalue weighted by Crippen LogP contribution is 2.56. The molecule has 0 radical (unpaired) electrons. The van der Waals surface area contributed by atoms with Gasteiger partial charge < -0.3 is 0 Å². The number of hydrogen-bond donors (Lipinski definition) is 0. The van der Waals surface area contributed by atoms with Crippen LogP contribution in [0.5, 0.6) is 0 Å². The van der Waals surface area contributed by atoms with Crippen molar-refractivity contribution >= 4 is 5.78 Å². The van der Waals surface area contributed by atoms with Crippen molar-refractivity contribution in [1.29, 1.82) is 0 Å². The summed E-state index contributed by atoms with van der Waals surface area (Å²) in [5.41, 5.74) is 0. The fourth-order valence-corrected chi connectivity index (χ4v) is 4.73. The molecule has 1 nitrogen and oxygen atoms in total. The lowest BCUT2D eigenvalue weighted by atomic mass is 9.51. The zero-order chi connectivity index (χ0) is 10.4. The summed E-state index contributed by atoms with van der Waals surface area (Å²) in [7, 11) is 0. The molecule has 4 bridgehead atoms. The number of rotatable bonds is 3. The first kappa shape index (κ1) is 9.62. The molecular formula is C14H20O. The van der Waals surface area contributed by atoms with E-state index in [9.17, 15) is 4.79 Å². The lowest BCUT2D eigenvalue weighted by Crippen LogP contribution is -2.47. The highest BCUT2D eigenvalue weighted by molar-refractivity contribution is 5.83. The van der Waals surface area contributed by atoms with Crippen LogP contribution in [-0.4, -0.2) is 5.78 Å². The molecule has 0 aromatic rings. The molecule has 82 valence electrons. The first-order valence-electron chi connectivity index (χ1n) is 6.41. The van der Waals surface area contributed by atoms with E-state index in [1.54, 1.807) is 6.08 Å². The summed E-state index contributed by atoms with van der Waals surface area (Å²) in [6.07, 6.45) is 9.25. The number of ketones is 1. The highest BCUT2D eigenvalue weighted by Gasteiger charge is 2.50. The van der Waals surface area contributed by atoms with E-state index >= 15 is 0 Å². The van der Waals surface area contributed by atoms with Crippen molar-refractivity contribution in [2.75, 3.05) is 0 Å². The number of allylic oxidation sites excluding steroid dienone is 1. The maximum absolute atomic E-state index is 12.1. The van der Waals surface area contributed by atoms with Crippen molar-refractivity contribution in [2.24, 2.45) is 29.6 Å². The Balaban J connectivity index is 1.79. The summed E-state index contributed by atoms with van der Waals surface area (Å²) in [4.78, 5) is 12.1. The van der Waals surface area contributed by atoms with Crippen molar-refractivity contribution in [2.45, 2.75) is 38.5 Å². The van der Waals surface area contributed by atoms with E-state index in [2.05, 4.69) is 6.58 Å². The minimum Gasteiger partial charge on any atom is -0.299 e. The molecule has 4 fully saturated rings. The van der Waals surface area contributed by atoms with E-state index < -0.39 is 0 Å². The third-order valence-electron chi connectivity index (χ3n) is 4.94. The summed E-state index contributed by atoms with van der Waals surface area (Å²) < 4.78 is 0. The summed E-state index contributed by atoms with van der Waals surface area (Å²) in [5, 5.41) is 0. The van der Waals surface area contributed by atoms with Crippen LogP contribution in [0.1, 0.15) is 38.5 Å². The van der Waals surface area contributed by atoms with Gasteiger partial charge in [-0.05, 0) is 55.8 Å². The predicted octanol–water partition coefficient (Wildman–Crippen LogP) is 3.20. The lowest BCUT2D eigenvalue weighted by Gasteiger charge is -2.53. The van der Waals surface area contributed by atoms with Gasteiger partial charge >= 0.3 is 0 Å². The summed E-state index contributed by atoms with van der Waals surface area (Å²) in [6.45, 7) is 3.69. The van der Waals surface area contributed by atoms with Gasteiger partial charge in [-0.15, -0.1) is 6.58 Å². The molecule has 0 saturated heterocycles. The normalized spacial score (nSPS) is 46.8. The quantitative estimate of drug-likeness (QED) is 0.645. The Bertz CT molecular complexity index is 264. The second-order valence-electron chi connectivity index (χ2n) is 5.92. The Labute approximate surface area is 91.9 Å². The third kappa shape index (κ3) is 1.47. The molecule has 4 rings (SSSR count). The SMILES string of the molecule is C=CCC(=O)C1C2CC3CC(C2)CC1C3. The Morgan fingerprint density at radius 3 is 2.07 bits per heavy atom. The standard InChI is InChI=1S/C14H20O/c1-2-3-13(15)14-11-5-9-4-10(7-11)8-12(14)6-9/h2,9-12,14H,1,3-8H2. The minimum absolute atomic E-state index is 0.413. The molecule has 0 unspecified atom stereocenters. The Hall–Kier alpha value is -0.590. The maximum atomic E-state index is 12.1. The van der Waals surface area contributed by atoms with Gasteiger partial charge in [-0.3, -0.25) is 4.79 Å². The van der Waals surface area contributed by atoms with Gasteiger partial charge in [0, 0.05) is 12.3 Å². The van der Waals surface area contributed by atoms with Gasteiger partial charge in [-0.2, -0.15) is 0 Å². The predicted molar refractivity (Wildman–Crippen MR) is 60.4 cm³/mol. The van der Waals surface area contributed by atoms with Gasteiger partial charge in [0.2, 0.25) is 0 Å². The van der Waals surface area contributed by atoms with Gasteiger partial charge in [0.15, 0.2) is 0 Å². The van der Waals surface area contributed by atoms with Crippen molar-refractivity contribution < 1.29 is 4.79 Å². The van der Waals surface area contributed by atoms with Crippen molar-refractivity contribution in [1.82, 2.24) is 0 Å². The Morgan fingerprint density at radius 1 is 1.07 bits per heavy atom. The number of Topliss-reactive ketones (excluding diaryl/α,β-unsaturated/α-hetero) is 1. The minimum atomic E-state index is 0.413. The van der Waals surface area contributed by atoms with E-state index in [0.717, 1.165) is 23.7 Å². The second kappa shape index (κ2) is 3.47. The third-order valence-corrected chi connectivity index (χ3v) is 4.94. The average molecular weight is 204 g/mol. The molecule has 4 saturated carbocycles. The zero-order valence-electron chi connectivity index (χ0n) is 9.32. The first-order chi connectivity index (χ1) is 7.28. The fraction of sp³-hybridized carbons (Fsp3) is 0.786. The van der Waals surface area contributed by atoms with E-state index in [1.807, 2.05) is 0 Å². The van der Waals surface area contributed by atoms with Crippen LogP contribution in [0.15, 0.2) is 12.7 Å². The monoisotopic (exact) mass is 204 g/mol. The Kier molecular flexibility index (Phi) is 2.22. The number of carbonyl (C=O) groups excluding carboxylic acids is 1. The van der Waals surface area contributed by atoms with Gasteiger partial charge in [0.25, 0.3) is 0 Å².